The van der Waals surface area contributed by atoms with Crippen LogP contribution in [0.1, 0.15) is 41.7 Å². The van der Waals surface area contributed by atoms with E-state index < -0.39 is 0 Å². The predicted octanol–water partition coefficient (Wildman–Crippen LogP) is 4.73. The maximum Gasteiger partial charge on any atom is 0.339 e. The summed E-state index contributed by atoms with van der Waals surface area (Å²) in [6.45, 7) is 4.04. The molecule has 0 saturated carbocycles. The minimum Gasteiger partial charge on any atom is -0.485 e. The number of aryl methyl sites for hydroxylation is 2. The molecule has 1 aromatic heterocycles. The van der Waals surface area contributed by atoms with Gasteiger partial charge in [0.05, 0.1) is 5.39 Å². The van der Waals surface area contributed by atoms with Gasteiger partial charge in [-0.25, -0.2) is 4.79 Å². The van der Waals surface area contributed by atoms with Gasteiger partial charge >= 0.3 is 5.63 Å². The van der Waals surface area contributed by atoms with Crippen molar-refractivity contribution in [3.63, 3.8) is 0 Å². The Morgan fingerprint density at radius 2 is 1.83 bits per heavy atom. The van der Waals surface area contributed by atoms with Gasteiger partial charge in [-0.2, -0.15) is 0 Å². The Kier molecular flexibility index (Phi) is 3.64. The Balaban J connectivity index is 1.86. The Morgan fingerprint density at radius 3 is 2.62 bits per heavy atom. The zero-order chi connectivity index (χ0) is 16.7. The maximum absolute atomic E-state index is 12.2. The molecule has 0 spiro atoms. The molecule has 3 nitrogen and oxygen atoms in total. The number of hydrogen-bond donors (Lipinski definition) is 0. The summed E-state index contributed by atoms with van der Waals surface area (Å²) in [5.74, 6) is 0.809. The summed E-state index contributed by atoms with van der Waals surface area (Å²) in [6, 6.07) is 14.1. The van der Waals surface area contributed by atoms with Crippen molar-refractivity contribution in [3.8, 4) is 5.75 Å². The molecule has 3 aromatic rings. The van der Waals surface area contributed by atoms with Gasteiger partial charge in [0.2, 0.25) is 0 Å². The standard InChI is InChI=1S/C21H20O3/c1-13-11-18(23-14(2)15-7-4-3-5-8-15)20-16-9-6-10-17(16)21(22)24-19(20)12-13/h3-5,7-8,11-12,14H,6,9-10H2,1-2H3. The van der Waals surface area contributed by atoms with Gasteiger partial charge in [-0.3, -0.25) is 0 Å². The minimum atomic E-state index is -0.192. The SMILES string of the molecule is Cc1cc(OC(C)c2ccccc2)c2c3c(c(=O)oc2c1)CCC3. The molecule has 0 amide bonds. The van der Waals surface area contributed by atoms with E-state index in [1.807, 2.05) is 44.2 Å². The summed E-state index contributed by atoms with van der Waals surface area (Å²) >= 11 is 0. The minimum absolute atomic E-state index is 0.0693. The normalized spacial score (nSPS) is 14.6. The molecule has 24 heavy (non-hydrogen) atoms. The second-order valence-electron chi connectivity index (χ2n) is 6.51. The summed E-state index contributed by atoms with van der Waals surface area (Å²) in [4.78, 5) is 12.2. The first kappa shape index (κ1) is 15.0. The van der Waals surface area contributed by atoms with Gasteiger partial charge in [0.15, 0.2) is 0 Å². The van der Waals surface area contributed by atoms with E-state index in [9.17, 15) is 4.79 Å². The number of benzene rings is 2. The van der Waals surface area contributed by atoms with Crippen LogP contribution in [0.5, 0.6) is 5.75 Å². The molecule has 1 aliphatic carbocycles. The molecule has 1 aliphatic rings. The molecule has 0 radical (unpaired) electrons. The molecule has 0 aliphatic heterocycles. The fourth-order valence-electron chi connectivity index (χ4n) is 3.58. The van der Waals surface area contributed by atoms with Crippen LogP contribution in [0.25, 0.3) is 11.0 Å². The third-order valence-corrected chi connectivity index (χ3v) is 4.75. The van der Waals surface area contributed by atoms with Crippen molar-refractivity contribution in [2.24, 2.45) is 0 Å². The van der Waals surface area contributed by atoms with E-state index in [2.05, 4.69) is 12.1 Å². The van der Waals surface area contributed by atoms with Crippen molar-refractivity contribution in [3.05, 3.63) is 75.1 Å². The second-order valence-corrected chi connectivity index (χ2v) is 6.51. The van der Waals surface area contributed by atoms with Crippen molar-refractivity contribution in [2.75, 3.05) is 0 Å². The molecule has 2 aromatic carbocycles. The molecular weight excluding hydrogens is 300 g/mol. The lowest BCUT2D eigenvalue weighted by Crippen LogP contribution is -2.09. The fourth-order valence-corrected chi connectivity index (χ4v) is 3.58. The van der Waals surface area contributed by atoms with Gasteiger partial charge < -0.3 is 9.15 Å². The lowest BCUT2D eigenvalue weighted by Gasteiger charge is -2.18. The van der Waals surface area contributed by atoms with Crippen LogP contribution in [-0.4, -0.2) is 0 Å². The number of hydrogen-bond acceptors (Lipinski definition) is 3. The van der Waals surface area contributed by atoms with E-state index in [0.717, 1.165) is 52.7 Å². The van der Waals surface area contributed by atoms with Crippen LogP contribution in [0.4, 0.5) is 0 Å². The van der Waals surface area contributed by atoms with E-state index in [1.165, 1.54) is 0 Å². The van der Waals surface area contributed by atoms with Crippen LogP contribution in [0.15, 0.2) is 51.7 Å². The van der Waals surface area contributed by atoms with Crippen LogP contribution in [0, 0.1) is 6.92 Å². The highest BCUT2D eigenvalue weighted by atomic mass is 16.5. The molecule has 1 unspecified atom stereocenters. The van der Waals surface area contributed by atoms with Crippen molar-refractivity contribution in [1.82, 2.24) is 0 Å². The molecule has 122 valence electrons. The number of ether oxygens (including phenoxy) is 1. The average molecular weight is 320 g/mol. The van der Waals surface area contributed by atoms with Gasteiger partial charge in [0.25, 0.3) is 0 Å². The first-order valence-electron chi connectivity index (χ1n) is 8.44. The quantitative estimate of drug-likeness (QED) is 0.655. The summed E-state index contributed by atoms with van der Waals surface area (Å²) in [5, 5.41) is 0.968. The molecule has 0 fully saturated rings. The third kappa shape index (κ3) is 2.50. The van der Waals surface area contributed by atoms with Crippen LogP contribution in [-0.2, 0) is 12.8 Å². The topological polar surface area (TPSA) is 39.4 Å². The highest BCUT2D eigenvalue weighted by Crippen LogP contribution is 2.37. The molecule has 0 saturated heterocycles. The van der Waals surface area contributed by atoms with Crippen LogP contribution in [0.2, 0.25) is 0 Å². The lowest BCUT2D eigenvalue weighted by atomic mass is 10.0. The number of fused-ring (bicyclic) bond motifs is 3. The lowest BCUT2D eigenvalue weighted by molar-refractivity contribution is 0.229. The fraction of sp³-hybridized carbons (Fsp3) is 0.286. The van der Waals surface area contributed by atoms with Crippen LogP contribution >= 0.6 is 0 Å². The Labute approximate surface area is 140 Å². The van der Waals surface area contributed by atoms with E-state index in [0.29, 0.717) is 5.58 Å². The largest absolute Gasteiger partial charge is 0.485 e. The molecule has 4 rings (SSSR count). The van der Waals surface area contributed by atoms with E-state index in [4.69, 9.17) is 9.15 Å². The molecule has 1 atom stereocenters. The molecular formula is C21H20O3. The second kappa shape index (κ2) is 5.82. The molecule has 1 heterocycles. The summed E-state index contributed by atoms with van der Waals surface area (Å²) in [5.41, 5.74) is 4.53. The maximum atomic E-state index is 12.2. The van der Waals surface area contributed by atoms with Crippen molar-refractivity contribution in [1.29, 1.82) is 0 Å². The van der Waals surface area contributed by atoms with Crippen LogP contribution in [0.3, 0.4) is 0 Å². The van der Waals surface area contributed by atoms with Gasteiger partial charge in [0.1, 0.15) is 17.4 Å². The first-order chi connectivity index (χ1) is 11.6. The van der Waals surface area contributed by atoms with Gasteiger partial charge in [-0.15, -0.1) is 0 Å². The zero-order valence-electron chi connectivity index (χ0n) is 14.0. The van der Waals surface area contributed by atoms with E-state index >= 15 is 0 Å². The van der Waals surface area contributed by atoms with Gasteiger partial charge in [-0.05, 0) is 61.9 Å². The van der Waals surface area contributed by atoms with Gasteiger partial charge in [0, 0.05) is 5.56 Å². The third-order valence-electron chi connectivity index (χ3n) is 4.75. The van der Waals surface area contributed by atoms with Gasteiger partial charge in [-0.1, -0.05) is 30.3 Å². The van der Waals surface area contributed by atoms with E-state index in [1.54, 1.807) is 0 Å². The smallest absolute Gasteiger partial charge is 0.339 e. The van der Waals surface area contributed by atoms with E-state index in [-0.39, 0.29) is 11.7 Å². The van der Waals surface area contributed by atoms with Crippen molar-refractivity contribution in [2.45, 2.75) is 39.2 Å². The predicted molar refractivity (Wildman–Crippen MR) is 94.7 cm³/mol. The van der Waals surface area contributed by atoms with Crippen molar-refractivity contribution >= 4 is 11.0 Å². The Bertz CT molecular complexity index is 954. The monoisotopic (exact) mass is 320 g/mol. The van der Waals surface area contributed by atoms with Crippen LogP contribution < -0.4 is 10.4 Å². The zero-order valence-corrected chi connectivity index (χ0v) is 14.0. The molecule has 0 bridgehead atoms. The highest BCUT2D eigenvalue weighted by Gasteiger charge is 2.23. The summed E-state index contributed by atoms with van der Waals surface area (Å²) in [6.07, 6.45) is 2.65. The Morgan fingerprint density at radius 1 is 1.08 bits per heavy atom. The van der Waals surface area contributed by atoms with Crippen molar-refractivity contribution < 1.29 is 9.15 Å². The Hall–Kier alpha value is -2.55. The molecule has 3 heteroatoms. The number of rotatable bonds is 3. The average Bonchev–Trinajstić information content (AvgIpc) is 3.05. The molecule has 0 N–H and O–H groups in total. The summed E-state index contributed by atoms with van der Waals surface area (Å²) < 4.78 is 11.9. The summed E-state index contributed by atoms with van der Waals surface area (Å²) in [7, 11) is 0. The highest BCUT2D eigenvalue weighted by molar-refractivity contribution is 5.89. The first-order valence-corrected chi connectivity index (χ1v) is 8.44.